The van der Waals surface area contributed by atoms with Crippen LogP contribution >= 0.6 is 0 Å². The number of rotatable bonds is 12. The highest BCUT2D eigenvalue weighted by atomic mass is 28.4. The lowest BCUT2D eigenvalue weighted by Gasteiger charge is -2.43. The third-order valence-electron chi connectivity index (χ3n) is 10.3. The molecule has 1 fully saturated rings. The van der Waals surface area contributed by atoms with Crippen LogP contribution in [0.1, 0.15) is 122 Å². The summed E-state index contributed by atoms with van der Waals surface area (Å²) in [6.45, 7) is 28.1. The van der Waals surface area contributed by atoms with E-state index >= 15 is 0 Å². The quantitative estimate of drug-likeness (QED) is 0.178. The molecule has 240 valence electrons. The molecule has 43 heavy (non-hydrogen) atoms. The lowest BCUT2D eigenvalue weighted by atomic mass is 9.69. The first-order valence-corrected chi connectivity index (χ1v) is 19.6. The Morgan fingerprint density at radius 2 is 1.53 bits per heavy atom. The maximum absolute atomic E-state index is 11.7. The normalized spacial score (nSPS) is 17.5. The van der Waals surface area contributed by atoms with Gasteiger partial charge in [-0.1, -0.05) is 85.7 Å². The Morgan fingerprint density at radius 3 is 2.05 bits per heavy atom. The van der Waals surface area contributed by atoms with Gasteiger partial charge in [0.2, 0.25) is 0 Å². The van der Waals surface area contributed by atoms with Gasteiger partial charge in [-0.3, -0.25) is 4.79 Å². The highest BCUT2D eigenvalue weighted by molar-refractivity contribution is 6.74. The lowest BCUT2D eigenvalue weighted by molar-refractivity contribution is -0.155. The minimum absolute atomic E-state index is 0.0646. The molecule has 2 aromatic rings. The van der Waals surface area contributed by atoms with Crippen molar-refractivity contribution in [3.05, 3.63) is 64.2 Å². The zero-order valence-electron chi connectivity index (χ0n) is 29.4. The van der Waals surface area contributed by atoms with Crippen LogP contribution in [0.15, 0.2) is 36.4 Å². The molecule has 0 spiro atoms. The first-order valence-electron chi connectivity index (χ1n) is 16.6. The molecule has 1 heterocycles. The molecule has 0 amide bonds. The summed E-state index contributed by atoms with van der Waals surface area (Å²) in [6, 6.07) is 13.8. The second-order valence-electron chi connectivity index (χ2n) is 15.5. The van der Waals surface area contributed by atoms with Crippen molar-refractivity contribution in [1.29, 1.82) is 0 Å². The Kier molecular flexibility index (Phi) is 11.4. The van der Waals surface area contributed by atoms with E-state index in [-0.39, 0.29) is 34.0 Å². The van der Waals surface area contributed by atoms with Crippen LogP contribution in [0.2, 0.25) is 18.1 Å². The van der Waals surface area contributed by atoms with E-state index in [2.05, 4.69) is 119 Å². The van der Waals surface area contributed by atoms with Crippen LogP contribution in [0, 0.1) is 19.3 Å². The Bertz CT molecular complexity index is 1230. The smallest absolute Gasteiger partial charge is 0.306 e. The van der Waals surface area contributed by atoms with Crippen LogP contribution in [0.4, 0.5) is 0 Å². The van der Waals surface area contributed by atoms with Gasteiger partial charge in [-0.15, -0.1) is 0 Å². The van der Waals surface area contributed by atoms with E-state index in [9.17, 15) is 4.79 Å². The summed E-state index contributed by atoms with van der Waals surface area (Å²) in [5.41, 5.74) is 6.64. The molecule has 0 aromatic heterocycles. The van der Waals surface area contributed by atoms with Gasteiger partial charge in [0, 0.05) is 11.8 Å². The molecule has 1 aliphatic rings. The summed E-state index contributed by atoms with van der Waals surface area (Å²) >= 11 is 0. The maximum Gasteiger partial charge on any atom is 0.306 e. The molecule has 0 N–H and O–H groups in total. The standard InChI is InChI=1S/C38H60O4Si/c1-13-38(14-2,31-21-22-33(28(4)25-31)40-26-32-16-15-17-35(39)41-32)30-20-18-29(27(3)24-30)19-23-34(36(5,6)7)42-43(11,12)37(8,9)10/h18,20-22,24-25,32,34H,13-17,19,23,26H2,1-12H3/t32-,34-/m1/s1. The van der Waals surface area contributed by atoms with Crippen LogP contribution in [0.5, 0.6) is 5.75 Å². The van der Waals surface area contributed by atoms with E-state index in [1.54, 1.807) is 0 Å². The largest absolute Gasteiger partial charge is 0.489 e. The second kappa shape index (κ2) is 13.9. The molecule has 2 aromatic carbocycles. The molecular weight excluding hydrogens is 549 g/mol. The molecule has 3 rings (SSSR count). The second-order valence-corrected chi connectivity index (χ2v) is 20.3. The fourth-order valence-corrected chi connectivity index (χ4v) is 7.72. The zero-order valence-corrected chi connectivity index (χ0v) is 30.4. The number of benzene rings is 2. The fraction of sp³-hybridized carbons (Fsp3) is 0.658. The van der Waals surface area contributed by atoms with Gasteiger partial charge in [-0.05, 0) is 110 Å². The number of cyclic esters (lactones) is 1. The number of hydrogen-bond donors (Lipinski definition) is 0. The lowest BCUT2D eigenvalue weighted by Crippen LogP contribution is -2.47. The maximum atomic E-state index is 11.7. The Hall–Kier alpha value is -2.11. The van der Waals surface area contributed by atoms with E-state index in [0.29, 0.717) is 13.0 Å². The van der Waals surface area contributed by atoms with Crippen molar-refractivity contribution in [3.63, 3.8) is 0 Å². The van der Waals surface area contributed by atoms with E-state index in [0.717, 1.165) is 49.8 Å². The van der Waals surface area contributed by atoms with E-state index in [4.69, 9.17) is 13.9 Å². The van der Waals surface area contributed by atoms with Crippen LogP contribution < -0.4 is 4.74 Å². The monoisotopic (exact) mass is 608 g/mol. The van der Waals surface area contributed by atoms with Gasteiger partial charge >= 0.3 is 5.97 Å². The highest BCUT2D eigenvalue weighted by Crippen LogP contribution is 2.42. The van der Waals surface area contributed by atoms with Crippen molar-refractivity contribution in [2.45, 2.75) is 150 Å². The molecule has 0 saturated carbocycles. The van der Waals surface area contributed by atoms with Gasteiger partial charge in [0.05, 0.1) is 6.10 Å². The van der Waals surface area contributed by atoms with E-state index in [1.165, 1.54) is 22.3 Å². The topological polar surface area (TPSA) is 44.8 Å². The van der Waals surface area contributed by atoms with Gasteiger partial charge in [-0.25, -0.2) is 0 Å². The number of carbonyl (C=O) groups excluding carboxylic acids is 1. The SMILES string of the molecule is CCC(CC)(c1ccc(CC[C@@H](O[Si](C)(C)C(C)(C)C)C(C)(C)C)c(C)c1)c1ccc(OC[C@H]2CCCC(=O)O2)c(C)c1. The van der Waals surface area contributed by atoms with Crippen molar-refractivity contribution < 1.29 is 18.7 Å². The summed E-state index contributed by atoms with van der Waals surface area (Å²) in [6.07, 6.45) is 6.44. The molecule has 2 atom stereocenters. The Balaban J connectivity index is 1.79. The van der Waals surface area contributed by atoms with E-state index in [1.807, 2.05) is 0 Å². The summed E-state index contributed by atoms with van der Waals surface area (Å²) in [7, 11) is -1.87. The number of aryl methyl sites for hydroxylation is 3. The summed E-state index contributed by atoms with van der Waals surface area (Å²) in [4.78, 5) is 11.7. The van der Waals surface area contributed by atoms with Crippen LogP contribution in [-0.4, -0.2) is 33.1 Å². The minimum Gasteiger partial charge on any atom is -0.489 e. The Morgan fingerprint density at radius 1 is 0.930 bits per heavy atom. The van der Waals surface area contributed by atoms with Crippen molar-refractivity contribution in [3.8, 4) is 5.75 Å². The highest BCUT2D eigenvalue weighted by Gasteiger charge is 2.41. The molecule has 1 aliphatic heterocycles. The average molecular weight is 609 g/mol. The first-order chi connectivity index (χ1) is 19.9. The summed E-state index contributed by atoms with van der Waals surface area (Å²) < 4.78 is 18.6. The third-order valence-corrected chi connectivity index (χ3v) is 14.8. The summed E-state index contributed by atoms with van der Waals surface area (Å²) in [5.74, 6) is 0.753. The summed E-state index contributed by atoms with van der Waals surface area (Å²) in [5, 5.41) is 0.199. The molecule has 0 unspecified atom stereocenters. The van der Waals surface area contributed by atoms with Gasteiger partial charge in [0.15, 0.2) is 8.32 Å². The molecule has 1 saturated heterocycles. The molecule has 5 heteroatoms. The average Bonchev–Trinajstić information content (AvgIpc) is 2.91. The Labute approximate surface area is 264 Å². The van der Waals surface area contributed by atoms with Gasteiger partial charge in [0.1, 0.15) is 18.5 Å². The fourth-order valence-electron chi connectivity index (χ4n) is 6.18. The first kappa shape index (κ1) is 35.4. The van der Waals surface area contributed by atoms with Crippen molar-refractivity contribution in [2.75, 3.05) is 6.61 Å². The van der Waals surface area contributed by atoms with Crippen LogP contribution in [-0.2, 0) is 25.8 Å². The van der Waals surface area contributed by atoms with Crippen molar-refractivity contribution >= 4 is 14.3 Å². The molecule has 0 bridgehead atoms. The van der Waals surface area contributed by atoms with Gasteiger partial charge in [0.25, 0.3) is 0 Å². The third kappa shape index (κ3) is 8.54. The zero-order chi connectivity index (χ0) is 32.2. The molecular formula is C38H60O4Si. The van der Waals surface area contributed by atoms with E-state index < -0.39 is 8.32 Å². The minimum atomic E-state index is -1.87. The van der Waals surface area contributed by atoms with Crippen LogP contribution in [0.3, 0.4) is 0 Å². The van der Waals surface area contributed by atoms with Crippen molar-refractivity contribution in [2.24, 2.45) is 5.41 Å². The molecule has 4 nitrogen and oxygen atoms in total. The number of hydrogen-bond acceptors (Lipinski definition) is 4. The predicted molar refractivity (Wildman–Crippen MR) is 183 cm³/mol. The van der Waals surface area contributed by atoms with Gasteiger partial charge < -0.3 is 13.9 Å². The molecule has 0 aliphatic carbocycles. The molecule has 0 radical (unpaired) electrons. The predicted octanol–water partition coefficient (Wildman–Crippen LogP) is 10.3. The number of esters is 1. The van der Waals surface area contributed by atoms with Crippen molar-refractivity contribution in [1.82, 2.24) is 0 Å². The van der Waals surface area contributed by atoms with Gasteiger partial charge in [-0.2, -0.15) is 0 Å². The number of ether oxygens (including phenoxy) is 2. The number of carbonyl (C=O) groups is 1. The van der Waals surface area contributed by atoms with Crippen LogP contribution in [0.25, 0.3) is 0 Å².